The Kier molecular flexibility index (Phi) is 9.15. The van der Waals surface area contributed by atoms with Crippen LogP contribution in [0.3, 0.4) is 0 Å². The van der Waals surface area contributed by atoms with Crippen molar-refractivity contribution in [1.82, 2.24) is 10.2 Å². The van der Waals surface area contributed by atoms with Crippen LogP contribution in [0.4, 0.5) is 4.39 Å². The molecule has 1 N–H and O–H groups in total. The summed E-state index contributed by atoms with van der Waals surface area (Å²) >= 11 is 1.56. The summed E-state index contributed by atoms with van der Waals surface area (Å²) < 4.78 is 13.4. The first kappa shape index (κ1) is 24.3. The molecule has 0 heterocycles. The van der Waals surface area contributed by atoms with Gasteiger partial charge in [-0.1, -0.05) is 56.2 Å². The molecule has 0 bridgehead atoms. The van der Waals surface area contributed by atoms with Crippen molar-refractivity contribution in [2.45, 2.75) is 70.3 Å². The van der Waals surface area contributed by atoms with E-state index < -0.39 is 6.04 Å². The first-order valence-corrected chi connectivity index (χ1v) is 12.6. The Bertz CT molecular complexity index is 897. The monoisotopic (exact) mass is 456 g/mol. The van der Waals surface area contributed by atoms with Crippen LogP contribution >= 0.6 is 11.8 Å². The fourth-order valence-electron chi connectivity index (χ4n) is 4.18. The molecule has 0 spiro atoms. The van der Waals surface area contributed by atoms with E-state index in [0.717, 1.165) is 37.0 Å². The number of rotatable bonds is 10. The maximum absolute atomic E-state index is 13.4. The van der Waals surface area contributed by atoms with Crippen LogP contribution in [0.25, 0.3) is 0 Å². The number of hydrogen-bond donors (Lipinski definition) is 1. The number of thioether (sulfide) groups is 1. The molecule has 0 unspecified atom stereocenters. The van der Waals surface area contributed by atoms with Crippen molar-refractivity contribution in [3.8, 4) is 0 Å². The molecule has 0 saturated heterocycles. The SMILES string of the molecule is CC[C@@H](C(=O)NC1CCCC1)N(Cc1ccc(F)cc1)C(=O)CSCc1ccccc1C. The lowest BCUT2D eigenvalue weighted by Crippen LogP contribution is -2.51. The van der Waals surface area contributed by atoms with Crippen LogP contribution in [0.5, 0.6) is 0 Å². The van der Waals surface area contributed by atoms with E-state index in [9.17, 15) is 14.0 Å². The number of aryl methyl sites for hydroxylation is 1. The van der Waals surface area contributed by atoms with Gasteiger partial charge in [0.15, 0.2) is 0 Å². The average Bonchev–Trinajstić information content (AvgIpc) is 3.29. The molecule has 1 atom stereocenters. The summed E-state index contributed by atoms with van der Waals surface area (Å²) in [6.07, 6.45) is 4.81. The van der Waals surface area contributed by atoms with E-state index in [4.69, 9.17) is 0 Å². The lowest BCUT2D eigenvalue weighted by molar-refractivity contribution is -0.139. The maximum Gasteiger partial charge on any atom is 0.243 e. The number of nitrogens with one attached hydrogen (secondary N) is 1. The van der Waals surface area contributed by atoms with Crippen molar-refractivity contribution in [1.29, 1.82) is 0 Å². The topological polar surface area (TPSA) is 49.4 Å². The molecule has 1 aliphatic carbocycles. The lowest BCUT2D eigenvalue weighted by atomic mass is 10.1. The predicted molar refractivity (Wildman–Crippen MR) is 129 cm³/mol. The zero-order valence-corrected chi connectivity index (χ0v) is 19.8. The van der Waals surface area contributed by atoms with Gasteiger partial charge >= 0.3 is 0 Å². The molecule has 2 amide bonds. The van der Waals surface area contributed by atoms with Gasteiger partial charge in [-0.25, -0.2) is 4.39 Å². The fourth-order valence-corrected chi connectivity index (χ4v) is 5.16. The third-order valence-corrected chi connectivity index (χ3v) is 7.06. The minimum Gasteiger partial charge on any atom is -0.352 e. The molecule has 1 aliphatic rings. The summed E-state index contributed by atoms with van der Waals surface area (Å²) in [5.41, 5.74) is 3.23. The van der Waals surface area contributed by atoms with Gasteiger partial charge in [-0.2, -0.15) is 0 Å². The quantitative estimate of drug-likeness (QED) is 0.532. The van der Waals surface area contributed by atoms with Gasteiger partial charge in [0.25, 0.3) is 0 Å². The highest BCUT2D eigenvalue weighted by Crippen LogP contribution is 2.21. The Labute approximate surface area is 195 Å². The fraction of sp³-hybridized carbons (Fsp3) is 0.462. The second kappa shape index (κ2) is 12.0. The molecule has 1 saturated carbocycles. The first-order chi connectivity index (χ1) is 15.5. The first-order valence-electron chi connectivity index (χ1n) is 11.4. The smallest absolute Gasteiger partial charge is 0.243 e. The molecule has 0 radical (unpaired) electrons. The standard InChI is InChI=1S/C26H33FN2O2S/c1-3-24(26(31)28-23-10-6-7-11-23)29(16-20-12-14-22(27)15-13-20)25(30)18-32-17-21-9-5-4-8-19(21)2/h4-5,8-9,12-15,23-24H,3,6-7,10-11,16-18H2,1-2H3,(H,28,31)/t24-/m0/s1. The second-order valence-electron chi connectivity index (χ2n) is 8.48. The average molecular weight is 457 g/mol. The molecule has 1 fully saturated rings. The minimum absolute atomic E-state index is 0.0682. The minimum atomic E-state index is -0.535. The van der Waals surface area contributed by atoms with Crippen LogP contribution in [-0.4, -0.2) is 34.6 Å². The van der Waals surface area contributed by atoms with E-state index in [0.29, 0.717) is 18.7 Å². The zero-order valence-electron chi connectivity index (χ0n) is 19.0. The molecule has 172 valence electrons. The number of hydrogen-bond acceptors (Lipinski definition) is 3. The van der Waals surface area contributed by atoms with Crippen molar-refractivity contribution in [3.63, 3.8) is 0 Å². The van der Waals surface area contributed by atoms with Gasteiger partial charge < -0.3 is 10.2 Å². The Morgan fingerprint density at radius 2 is 1.81 bits per heavy atom. The van der Waals surface area contributed by atoms with Crippen molar-refractivity contribution >= 4 is 23.6 Å². The Morgan fingerprint density at radius 3 is 2.47 bits per heavy atom. The highest BCUT2D eigenvalue weighted by atomic mass is 32.2. The van der Waals surface area contributed by atoms with E-state index in [1.165, 1.54) is 23.3 Å². The summed E-state index contributed by atoms with van der Waals surface area (Å²) in [4.78, 5) is 28.0. The number of nitrogens with zero attached hydrogens (tertiary/aromatic N) is 1. The maximum atomic E-state index is 13.4. The van der Waals surface area contributed by atoms with Crippen LogP contribution in [0.2, 0.25) is 0 Å². The number of carbonyl (C=O) groups is 2. The Hall–Kier alpha value is -2.34. The lowest BCUT2D eigenvalue weighted by Gasteiger charge is -2.31. The number of halogens is 1. The van der Waals surface area contributed by atoms with Gasteiger partial charge in [0.2, 0.25) is 11.8 Å². The summed E-state index contributed by atoms with van der Waals surface area (Å²) in [7, 11) is 0. The third-order valence-electron chi connectivity index (χ3n) is 6.10. The highest BCUT2D eigenvalue weighted by Gasteiger charge is 2.30. The molecular formula is C26H33FN2O2S. The molecule has 0 aromatic heterocycles. The van der Waals surface area contributed by atoms with Gasteiger partial charge in [-0.05, 0) is 55.0 Å². The van der Waals surface area contributed by atoms with Crippen LogP contribution in [0, 0.1) is 12.7 Å². The molecule has 2 aromatic rings. The summed E-state index contributed by atoms with van der Waals surface area (Å²) in [5.74, 6) is 0.572. The van der Waals surface area contributed by atoms with Crippen LogP contribution < -0.4 is 5.32 Å². The number of carbonyl (C=O) groups excluding carboxylic acids is 2. The molecule has 6 heteroatoms. The normalized spacial score (nSPS) is 14.8. The Balaban J connectivity index is 1.70. The number of benzene rings is 2. The van der Waals surface area contributed by atoms with Gasteiger partial charge in [0.1, 0.15) is 11.9 Å². The van der Waals surface area contributed by atoms with E-state index in [-0.39, 0.29) is 23.7 Å². The zero-order chi connectivity index (χ0) is 22.9. The van der Waals surface area contributed by atoms with E-state index in [2.05, 4.69) is 24.4 Å². The Morgan fingerprint density at radius 1 is 1.12 bits per heavy atom. The van der Waals surface area contributed by atoms with Gasteiger partial charge in [-0.15, -0.1) is 11.8 Å². The van der Waals surface area contributed by atoms with E-state index in [1.54, 1.807) is 28.8 Å². The molecule has 0 aliphatic heterocycles. The van der Waals surface area contributed by atoms with Gasteiger partial charge in [-0.3, -0.25) is 9.59 Å². The highest BCUT2D eigenvalue weighted by molar-refractivity contribution is 7.99. The summed E-state index contributed by atoms with van der Waals surface area (Å²) in [6, 6.07) is 14.0. The molecule has 4 nitrogen and oxygen atoms in total. The van der Waals surface area contributed by atoms with Gasteiger partial charge in [0, 0.05) is 18.3 Å². The molecule has 2 aromatic carbocycles. The van der Waals surface area contributed by atoms with Crippen molar-refractivity contribution in [2.75, 3.05) is 5.75 Å². The van der Waals surface area contributed by atoms with Gasteiger partial charge in [0.05, 0.1) is 5.75 Å². The molecule has 3 rings (SSSR count). The molecule has 32 heavy (non-hydrogen) atoms. The van der Waals surface area contributed by atoms with Crippen LogP contribution in [-0.2, 0) is 21.9 Å². The summed E-state index contributed by atoms with van der Waals surface area (Å²) in [5, 5.41) is 3.15. The predicted octanol–water partition coefficient (Wildman–Crippen LogP) is 5.23. The van der Waals surface area contributed by atoms with Crippen molar-refractivity contribution < 1.29 is 14.0 Å². The van der Waals surface area contributed by atoms with Crippen LogP contribution in [0.1, 0.15) is 55.7 Å². The largest absolute Gasteiger partial charge is 0.352 e. The van der Waals surface area contributed by atoms with E-state index >= 15 is 0 Å². The van der Waals surface area contributed by atoms with E-state index in [1.807, 2.05) is 19.1 Å². The third kappa shape index (κ3) is 6.83. The second-order valence-corrected chi connectivity index (χ2v) is 9.47. The summed E-state index contributed by atoms with van der Waals surface area (Å²) in [6.45, 7) is 4.30. The van der Waals surface area contributed by atoms with Crippen LogP contribution in [0.15, 0.2) is 48.5 Å². The van der Waals surface area contributed by atoms with Crippen molar-refractivity contribution in [2.24, 2.45) is 0 Å². The van der Waals surface area contributed by atoms with Crippen molar-refractivity contribution in [3.05, 3.63) is 71.0 Å². The molecular weight excluding hydrogens is 423 g/mol. The number of amides is 2.